The number of piperazine rings is 1. The van der Waals surface area contributed by atoms with E-state index < -0.39 is 5.60 Å². The summed E-state index contributed by atoms with van der Waals surface area (Å²) in [5.74, 6) is -0.0492. The van der Waals surface area contributed by atoms with Crippen molar-refractivity contribution in [1.82, 2.24) is 9.80 Å². The van der Waals surface area contributed by atoms with Crippen molar-refractivity contribution in [2.24, 2.45) is 5.92 Å². The third kappa shape index (κ3) is 5.88. The van der Waals surface area contributed by atoms with Crippen LogP contribution in [-0.2, 0) is 9.53 Å². The molecule has 7 nitrogen and oxygen atoms in total. The summed E-state index contributed by atoms with van der Waals surface area (Å²) in [5, 5.41) is 3.07. The Balaban J connectivity index is 1.52. The fourth-order valence-corrected chi connectivity index (χ4v) is 4.03. The molecule has 2 saturated heterocycles. The number of aryl methyl sites for hydroxylation is 1. The maximum absolute atomic E-state index is 12.7. The largest absolute Gasteiger partial charge is 0.444 e. The van der Waals surface area contributed by atoms with Crippen LogP contribution in [0.15, 0.2) is 18.2 Å². The Labute approximate surface area is 180 Å². The van der Waals surface area contributed by atoms with Gasteiger partial charge in [-0.05, 0) is 71.3 Å². The predicted octanol–water partition coefficient (Wildman–Crippen LogP) is 3.33. The van der Waals surface area contributed by atoms with E-state index in [0.717, 1.165) is 31.9 Å². The van der Waals surface area contributed by atoms with Crippen LogP contribution in [0.2, 0.25) is 0 Å². The van der Waals surface area contributed by atoms with Crippen molar-refractivity contribution in [3.63, 3.8) is 0 Å². The molecule has 0 spiro atoms. The number of rotatable bonds is 3. The number of piperidine rings is 1. The van der Waals surface area contributed by atoms with Crippen molar-refractivity contribution < 1.29 is 14.3 Å². The van der Waals surface area contributed by atoms with Gasteiger partial charge < -0.3 is 24.8 Å². The third-order valence-electron chi connectivity index (χ3n) is 5.83. The molecular weight excluding hydrogens is 380 g/mol. The second-order valence-electron chi connectivity index (χ2n) is 9.52. The van der Waals surface area contributed by atoms with Gasteiger partial charge in [0.15, 0.2) is 0 Å². The lowest BCUT2D eigenvalue weighted by Gasteiger charge is -2.35. The van der Waals surface area contributed by atoms with Crippen LogP contribution in [0.25, 0.3) is 0 Å². The quantitative estimate of drug-likeness (QED) is 0.819. The van der Waals surface area contributed by atoms with Gasteiger partial charge in [0.25, 0.3) is 0 Å². The highest BCUT2D eigenvalue weighted by atomic mass is 16.6. The average Bonchev–Trinajstić information content (AvgIpc) is 2.68. The fourth-order valence-electron chi connectivity index (χ4n) is 4.03. The third-order valence-corrected chi connectivity index (χ3v) is 5.83. The molecular formula is C23H36N4O3. The number of likely N-dealkylation sites (N-methyl/N-ethyl adjacent to an activating group) is 1. The fraction of sp³-hybridized carbons (Fsp3) is 0.652. The van der Waals surface area contributed by atoms with Crippen LogP contribution in [0, 0.1) is 12.8 Å². The number of anilines is 2. The number of amides is 2. The Bertz CT molecular complexity index is 758. The van der Waals surface area contributed by atoms with E-state index in [1.54, 1.807) is 4.90 Å². The topological polar surface area (TPSA) is 65.1 Å². The molecule has 166 valence electrons. The van der Waals surface area contributed by atoms with Gasteiger partial charge in [-0.3, -0.25) is 4.79 Å². The van der Waals surface area contributed by atoms with Crippen LogP contribution in [0.4, 0.5) is 16.2 Å². The van der Waals surface area contributed by atoms with Crippen molar-refractivity contribution in [2.45, 2.75) is 46.1 Å². The van der Waals surface area contributed by atoms with Gasteiger partial charge in [0.1, 0.15) is 5.60 Å². The minimum Gasteiger partial charge on any atom is -0.444 e. The van der Waals surface area contributed by atoms with Crippen LogP contribution in [-0.4, -0.2) is 73.7 Å². The maximum atomic E-state index is 12.7. The SMILES string of the molecule is Cc1cc(NC(=O)C2CCN(C(=O)OC(C)(C)C)CC2)ccc1N1CCN(C)CC1. The molecule has 2 fully saturated rings. The molecule has 0 aromatic heterocycles. The van der Waals surface area contributed by atoms with Crippen LogP contribution in [0.5, 0.6) is 0 Å². The van der Waals surface area contributed by atoms with E-state index in [4.69, 9.17) is 4.74 Å². The number of hydrogen-bond donors (Lipinski definition) is 1. The van der Waals surface area contributed by atoms with E-state index >= 15 is 0 Å². The number of nitrogens with zero attached hydrogens (tertiary/aromatic N) is 3. The van der Waals surface area contributed by atoms with Gasteiger partial charge in [0.05, 0.1) is 0 Å². The summed E-state index contributed by atoms with van der Waals surface area (Å²) in [7, 11) is 2.15. The summed E-state index contributed by atoms with van der Waals surface area (Å²) >= 11 is 0. The number of likely N-dealkylation sites (tertiary alicyclic amines) is 1. The van der Waals surface area contributed by atoms with Gasteiger partial charge in [-0.2, -0.15) is 0 Å². The van der Waals surface area contributed by atoms with E-state index in [9.17, 15) is 9.59 Å². The maximum Gasteiger partial charge on any atom is 0.410 e. The Hall–Kier alpha value is -2.28. The zero-order valence-corrected chi connectivity index (χ0v) is 19.0. The first-order valence-corrected chi connectivity index (χ1v) is 11.0. The van der Waals surface area contributed by atoms with Gasteiger partial charge in [-0.15, -0.1) is 0 Å². The first-order valence-electron chi connectivity index (χ1n) is 11.0. The second-order valence-corrected chi connectivity index (χ2v) is 9.52. The summed E-state index contributed by atoms with van der Waals surface area (Å²) < 4.78 is 5.43. The highest BCUT2D eigenvalue weighted by Gasteiger charge is 2.30. The number of hydrogen-bond acceptors (Lipinski definition) is 5. The summed E-state index contributed by atoms with van der Waals surface area (Å²) in [6, 6.07) is 6.16. The lowest BCUT2D eigenvalue weighted by Crippen LogP contribution is -2.44. The van der Waals surface area contributed by atoms with Crippen molar-refractivity contribution >= 4 is 23.4 Å². The van der Waals surface area contributed by atoms with Gasteiger partial charge in [-0.1, -0.05) is 0 Å². The molecule has 1 N–H and O–H groups in total. The minimum atomic E-state index is -0.501. The Morgan fingerprint density at radius 2 is 1.67 bits per heavy atom. The first kappa shape index (κ1) is 22.4. The second kappa shape index (κ2) is 9.25. The molecule has 2 aliphatic rings. The van der Waals surface area contributed by atoms with Crippen molar-refractivity contribution in [3.05, 3.63) is 23.8 Å². The molecule has 0 saturated carbocycles. The van der Waals surface area contributed by atoms with E-state index in [1.165, 1.54) is 11.3 Å². The predicted molar refractivity (Wildman–Crippen MR) is 120 cm³/mol. The number of carbonyl (C=O) groups excluding carboxylic acids is 2. The number of ether oxygens (including phenoxy) is 1. The van der Waals surface area contributed by atoms with Crippen LogP contribution < -0.4 is 10.2 Å². The van der Waals surface area contributed by atoms with Gasteiger partial charge >= 0.3 is 6.09 Å². The molecule has 30 heavy (non-hydrogen) atoms. The van der Waals surface area contributed by atoms with Gasteiger partial charge in [-0.25, -0.2) is 4.79 Å². The van der Waals surface area contributed by atoms with E-state index in [1.807, 2.05) is 26.8 Å². The number of carbonyl (C=O) groups is 2. The summed E-state index contributed by atoms with van der Waals surface area (Å²) in [5.41, 5.74) is 2.76. The van der Waals surface area contributed by atoms with Crippen molar-refractivity contribution in [3.8, 4) is 0 Å². The van der Waals surface area contributed by atoms with Crippen LogP contribution in [0.3, 0.4) is 0 Å². The van der Waals surface area contributed by atoms with Crippen molar-refractivity contribution in [1.29, 1.82) is 0 Å². The normalized spacial score (nSPS) is 19.0. The molecule has 2 amide bonds. The molecule has 0 radical (unpaired) electrons. The summed E-state index contributed by atoms with van der Waals surface area (Å²) in [4.78, 5) is 31.4. The molecule has 3 rings (SSSR count). The summed E-state index contributed by atoms with van der Waals surface area (Å²) in [6.07, 6.45) is 1.02. The van der Waals surface area contributed by atoms with E-state index in [-0.39, 0.29) is 17.9 Å². The highest BCUT2D eigenvalue weighted by molar-refractivity contribution is 5.93. The molecule has 1 aromatic carbocycles. The average molecular weight is 417 g/mol. The van der Waals surface area contributed by atoms with E-state index in [2.05, 4.69) is 41.2 Å². The molecule has 0 unspecified atom stereocenters. The zero-order chi connectivity index (χ0) is 21.9. The monoisotopic (exact) mass is 416 g/mol. The summed E-state index contributed by atoms with van der Waals surface area (Å²) in [6.45, 7) is 13.0. The van der Waals surface area contributed by atoms with E-state index in [0.29, 0.717) is 25.9 Å². The molecule has 0 bridgehead atoms. The lowest BCUT2D eigenvalue weighted by atomic mass is 9.96. The Morgan fingerprint density at radius 1 is 1.03 bits per heavy atom. The Morgan fingerprint density at radius 3 is 2.23 bits per heavy atom. The standard InChI is InChI=1S/C23H36N4O3/c1-17-16-19(6-7-20(17)26-14-12-25(5)13-15-26)24-21(28)18-8-10-27(11-9-18)22(29)30-23(2,3)4/h6-7,16,18H,8-15H2,1-5H3,(H,24,28). The molecule has 1 aromatic rings. The smallest absolute Gasteiger partial charge is 0.410 e. The first-order chi connectivity index (χ1) is 14.1. The molecule has 0 atom stereocenters. The van der Waals surface area contributed by atoms with Crippen LogP contribution in [0.1, 0.15) is 39.2 Å². The molecule has 7 heteroatoms. The molecule has 2 aliphatic heterocycles. The van der Waals surface area contributed by atoms with Crippen LogP contribution >= 0.6 is 0 Å². The highest BCUT2D eigenvalue weighted by Crippen LogP contribution is 2.26. The lowest BCUT2D eigenvalue weighted by molar-refractivity contribution is -0.121. The Kier molecular flexibility index (Phi) is 6.91. The zero-order valence-electron chi connectivity index (χ0n) is 19.0. The minimum absolute atomic E-state index is 0.0330. The van der Waals surface area contributed by atoms with Crippen molar-refractivity contribution in [2.75, 3.05) is 56.5 Å². The number of benzene rings is 1. The molecule has 0 aliphatic carbocycles. The molecule has 2 heterocycles. The van der Waals surface area contributed by atoms with Gasteiger partial charge in [0, 0.05) is 56.6 Å². The number of nitrogens with one attached hydrogen (secondary N) is 1. The van der Waals surface area contributed by atoms with Gasteiger partial charge in [0.2, 0.25) is 5.91 Å².